The van der Waals surface area contributed by atoms with Crippen molar-refractivity contribution >= 4 is 21.6 Å². The first-order chi connectivity index (χ1) is 9.02. The molecule has 0 atom stereocenters. The number of para-hydroxylation sites is 1. The van der Waals surface area contributed by atoms with E-state index in [4.69, 9.17) is 15.2 Å². The number of hydrogen-bond donors (Lipinski definition) is 1. The molecule has 0 heterocycles. The molecule has 0 spiro atoms. The average Bonchev–Trinajstić information content (AvgIpc) is 2.38. The Bertz CT molecular complexity index is 588. The first-order valence-corrected chi connectivity index (χ1v) is 6.69. The van der Waals surface area contributed by atoms with Crippen LogP contribution in [0.5, 0.6) is 17.2 Å². The summed E-state index contributed by atoms with van der Waals surface area (Å²) in [4.78, 5) is 0. The molecule has 0 aromatic heterocycles. The molecule has 0 radical (unpaired) electrons. The number of rotatable bonds is 3. The minimum absolute atomic E-state index is 0.503. The molecule has 4 heteroatoms. The summed E-state index contributed by atoms with van der Waals surface area (Å²) in [5.74, 6) is 1.97. The van der Waals surface area contributed by atoms with Crippen molar-refractivity contribution in [2.75, 3.05) is 12.8 Å². The minimum atomic E-state index is 0.503. The van der Waals surface area contributed by atoms with Gasteiger partial charge in [-0.25, -0.2) is 0 Å². The normalized spacial score (nSPS) is 10.3. The van der Waals surface area contributed by atoms with Gasteiger partial charge in [0, 0.05) is 4.47 Å². The Kier molecular flexibility index (Phi) is 4.00. The second kappa shape index (κ2) is 5.53. The largest absolute Gasteiger partial charge is 0.494 e. The van der Waals surface area contributed by atoms with Crippen molar-refractivity contribution in [1.29, 1.82) is 0 Å². The average molecular weight is 322 g/mol. The van der Waals surface area contributed by atoms with E-state index >= 15 is 0 Å². The summed E-state index contributed by atoms with van der Waals surface area (Å²) >= 11 is 3.54. The maximum atomic E-state index is 5.99. The fourth-order valence-electron chi connectivity index (χ4n) is 1.88. The van der Waals surface area contributed by atoms with Gasteiger partial charge in [0.1, 0.15) is 17.2 Å². The molecule has 2 N–H and O–H groups in total. The van der Waals surface area contributed by atoms with Crippen LogP contribution in [0.2, 0.25) is 0 Å². The van der Waals surface area contributed by atoms with E-state index in [9.17, 15) is 0 Å². The summed E-state index contributed by atoms with van der Waals surface area (Å²) in [5, 5.41) is 0. The van der Waals surface area contributed by atoms with Crippen molar-refractivity contribution in [2.24, 2.45) is 0 Å². The third kappa shape index (κ3) is 2.84. The highest BCUT2D eigenvalue weighted by Crippen LogP contribution is 2.36. The number of hydrogen-bond acceptors (Lipinski definition) is 3. The Hall–Kier alpha value is -1.68. The Morgan fingerprint density at radius 2 is 1.63 bits per heavy atom. The van der Waals surface area contributed by atoms with Gasteiger partial charge in [-0.2, -0.15) is 0 Å². The summed E-state index contributed by atoms with van der Waals surface area (Å²) in [6.45, 7) is 4.05. The van der Waals surface area contributed by atoms with Gasteiger partial charge in [-0.1, -0.05) is 22.0 Å². The molecule has 0 saturated carbocycles. The number of anilines is 1. The number of aryl methyl sites for hydroxylation is 2. The number of nitrogen functional groups attached to an aromatic ring is 1. The fraction of sp³-hybridized carbons (Fsp3) is 0.200. The highest BCUT2D eigenvalue weighted by Gasteiger charge is 2.09. The zero-order valence-corrected chi connectivity index (χ0v) is 12.7. The van der Waals surface area contributed by atoms with Crippen LogP contribution in [0.1, 0.15) is 11.1 Å². The zero-order chi connectivity index (χ0) is 14.0. The summed E-state index contributed by atoms with van der Waals surface area (Å²) in [5.41, 5.74) is 8.73. The first-order valence-electron chi connectivity index (χ1n) is 5.90. The van der Waals surface area contributed by atoms with Gasteiger partial charge in [-0.15, -0.1) is 0 Å². The van der Waals surface area contributed by atoms with Gasteiger partial charge in [0.25, 0.3) is 0 Å². The second-order valence-electron chi connectivity index (χ2n) is 4.35. The topological polar surface area (TPSA) is 44.5 Å². The summed E-state index contributed by atoms with van der Waals surface area (Å²) in [6, 6.07) is 9.42. The lowest BCUT2D eigenvalue weighted by molar-refractivity contribution is 0.412. The first kappa shape index (κ1) is 13.7. The van der Waals surface area contributed by atoms with Gasteiger partial charge in [-0.3, -0.25) is 0 Å². The molecule has 0 aliphatic heterocycles. The maximum Gasteiger partial charge on any atom is 0.154 e. The van der Waals surface area contributed by atoms with Crippen molar-refractivity contribution in [3.05, 3.63) is 45.9 Å². The van der Waals surface area contributed by atoms with Gasteiger partial charge in [0.15, 0.2) is 5.75 Å². The van der Waals surface area contributed by atoms with Crippen LogP contribution < -0.4 is 15.2 Å². The smallest absolute Gasteiger partial charge is 0.154 e. The Labute approximate surface area is 121 Å². The molecule has 100 valence electrons. The molecule has 0 unspecified atom stereocenters. The number of methoxy groups -OCH3 is 1. The van der Waals surface area contributed by atoms with Gasteiger partial charge in [0.2, 0.25) is 0 Å². The molecule has 2 rings (SSSR count). The molecular formula is C15H16BrNO2. The Morgan fingerprint density at radius 3 is 2.21 bits per heavy atom. The standard InChI is InChI=1S/C15H16BrNO2/c1-9-7-11(8-10(2)14(9)16)19-13-6-4-5-12(18-3)15(13)17/h4-8H,17H2,1-3H3. The molecule has 0 amide bonds. The molecule has 0 aliphatic carbocycles. The summed E-state index contributed by atoms with van der Waals surface area (Å²) < 4.78 is 12.1. The molecule has 2 aromatic rings. The van der Waals surface area contributed by atoms with Gasteiger partial charge in [-0.05, 0) is 49.2 Å². The highest BCUT2D eigenvalue weighted by atomic mass is 79.9. The monoisotopic (exact) mass is 321 g/mol. The number of nitrogens with two attached hydrogens (primary N) is 1. The second-order valence-corrected chi connectivity index (χ2v) is 5.14. The van der Waals surface area contributed by atoms with E-state index in [1.54, 1.807) is 13.2 Å². The molecule has 0 aliphatic rings. The molecular weight excluding hydrogens is 306 g/mol. The molecule has 0 bridgehead atoms. The van der Waals surface area contributed by atoms with E-state index in [0.717, 1.165) is 21.3 Å². The van der Waals surface area contributed by atoms with Gasteiger partial charge < -0.3 is 15.2 Å². The van der Waals surface area contributed by atoms with Crippen LogP contribution in [0, 0.1) is 13.8 Å². The van der Waals surface area contributed by atoms with E-state index in [2.05, 4.69) is 15.9 Å². The lowest BCUT2D eigenvalue weighted by Crippen LogP contribution is -1.96. The quantitative estimate of drug-likeness (QED) is 0.849. The lowest BCUT2D eigenvalue weighted by atomic mass is 10.1. The third-order valence-electron chi connectivity index (χ3n) is 2.88. The third-order valence-corrected chi connectivity index (χ3v) is 4.13. The zero-order valence-electron chi connectivity index (χ0n) is 11.2. The lowest BCUT2D eigenvalue weighted by Gasteiger charge is -2.13. The number of halogens is 1. The van der Waals surface area contributed by atoms with Crippen LogP contribution in [-0.2, 0) is 0 Å². The predicted molar refractivity (Wildman–Crippen MR) is 81.1 cm³/mol. The minimum Gasteiger partial charge on any atom is -0.494 e. The summed E-state index contributed by atoms with van der Waals surface area (Å²) in [7, 11) is 1.59. The van der Waals surface area contributed by atoms with Gasteiger partial charge in [0.05, 0.1) is 7.11 Å². The maximum absolute atomic E-state index is 5.99. The van der Waals surface area contributed by atoms with E-state index in [-0.39, 0.29) is 0 Å². The predicted octanol–water partition coefficient (Wildman–Crippen LogP) is 4.45. The van der Waals surface area contributed by atoms with E-state index in [1.165, 1.54) is 0 Å². The van der Waals surface area contributed by atoms with Crippen LogP contribution >= 0.6 is 15.9 Å². The van der Waals surface area contributed by atoms with E-state index in [0.29, 0.717) is 17.2 Å². The van der Waals surface area contributed by atoms with Crippen molar-refractivity contribution in [3.63, 3.8) is 0 Å². The number of ether oxygens (including phenoxy) is 2. The van der Waals surface area contributed by atoms with Crippen molar-refractivity contribution < 1.29 is 9.47 Å². The van der Waals surface area contributed by atoms with Crippen molar-refractivity contribution in [2.45, 2.75) is 13.8 Å². The van der Waals surface area contributed by atoms with Gasteiger partial charge >= 0.3 is 0 Å². The Balaban J connectivity index is 2.36. The summed E-state index contributed by atoms with van der Waals surface area (Å²) in [6.07, 6.45) is 0. The molecule has 3 nitrogen and oxygen atoms in total. The van der Waals surface area contributed by atoms with Crippen LogP contribution in [-0.4, -0.2) is 7.11 Å². The fourth-order valence-corrected chi connectivity index (χ4v) is 2.11. The van der Waals surface area contributed by atoms with Crippen LogP contribution in [0.4, 0.5) is 5.69 Å². The SMILES string of the molecule is COc1cccc(Oc2cc(C)c(Br)c(C)c2)c1N. The van der Waals surface area contributed by atoms with E-state index < -0.39 is 0 Å². The number of benzene rings is 2. The Morgan fingerprint density at radius 1 is 1.05 bits per heavy atom. The molecule has 19 heavy (non-hydrogen) atoms. The molecule has 2 aromatic carbocycles. The van der Waals surface area contributed by atoms with Crippen molar-refractivity contribution in [1.82, 2.24) is 0 Å². The van der Waals surface area contributed by atoms with Crippen LogP contribution in [0.15, 0.2) is 34.8 Å². The van der Waals surface area contributed by atoms with E-state index in [1.807, 2.05) is 38.1 Å². The molecule has 0 fully saturated rings. The van der Waals surface area contributed by atoms with Crippen molar-refractivity contribution in [3.8, 4) is 17.2 Å². The molecule has 0 saturated heterocycles. The van der Waals surface area contributed by atoms with Crippen LogP contribution in [0.25, 0.3) is 0 Å². The van der Waals surface area contributed by atoms with Crippen LogP contribution in [0.3, 0.4) is 0 Å². The highest BCUT2D eigenvalue weighted by molar-refractivity contribution is 9.10.